The zero-order valence-electron chi connectivity index (χ0n) is 19.9. The number of aromatic nitrogens is 4. The predicted octanol–water partition coefficient (Wildman–Crippen LogP) is 3.45. The minimum atomic E-state index is -1.05. The number of thiophene rings is 1. The van der Waals surface area contributed by atoms with Crippen molar-refractivity contribution in [1.82, 2.24) is 19.9 Å². The van der Waals surface area contributed by atoms with Gasteiger partial charge in [0.05, 0.1) is 47.8 Å². The lowest BCUT2D eigenvalue weighted by Gasteiger charge is -2.33. The van der Waals surface area contributed by atoms with Gasteiger partial charge >= 0.3 is 5.97 Å². The highest BCUT2D eigenvalue weighted by atomic mass is 32.1. The molecule has 10 nitrogen and oxygen atoms in total. The van der Waals surface area contributed by atoms with Crippen LogP contribution in [0.15, 0.2) is 48.9 Å². The standard InChI is InChI=1S/C25H26N6O4S/c1-15(32)16-4-3-5-17(8-16)21-14-31(6-7-35-21)25-28-12-22-20(29-25)9-19(36-22)13-30(2)24-26-10-18(11-27-24)23(33)34/h3-5,8-12,15,21,32H,6-7,13-14H2,1-2H3,(H,33,34). The Balaban J connectivity index is 1.30. The van der Waals surface area contributed by atoms with E-state index in [0.29, 0.717) is 38.1 Å². The Labute approximate surface area is 211 Å². The molecule has 4 heterocycles. The van der Waals surface area contributed by atoms with Gasteiger partial charge in [-0.25, -0.2) is 24.7 Å². The Morgan fingerprint density at radius 2 is 2.06 bits per heavy atom. The van der Waals surface area contributed by atoms with Gasteiger partial charge in [-0.3, -0.25) is 0 Å². The number of aliphatic hydroxyl groups excluding tert-OH is 1. The van der Waals surface area contributed by atoms with E-state index in [1.807, 2.05) is 48.5 Å². The van der Waals surface area contributed by atoms with Crippen molar-refractivity contribution in [2.75, 3.05) is 36.5 Å². The van der Waals surface area contributed by atoms with Crippen molar-refractivity contribution in [1.29, 1.82) is 0 Å². The summed E-state index contributed by atoms with van der Waals surface area (Å²) < 4.78 is 7.01. The molecule has 0 saturated carbocycles. The molecular weight excluding hydrogens is 480 g/mol. The van der Waals surface area contributed by atoms with Crippen LogP contribution in [0, 0.1) is 0 Å². The SMILES string of the molecule is CC(O)c1cccc(C2CN(c3ncc4sc(CN(C)c5ncc(C(=O)O)cn5)cc4n3)CCO2)c1. The molecule has 0 spiro atoms. The Hall–Kier alpha value is -3.67. The summed E-state index contributed by atoms with van der Waals surface area (Å²) in [5.74, 6) is 0.0546. The molecule has 0 amide bonds. The molecule has 1 fully saturated rings. The molecule has 2 N–H and O–H groups in total. The van der Waals surface area contributed by atoms with Gasteiger partial charge in [-0.05, 0) is 24.1 Å². The Morgan fingerprint density at radius 3 is 2.81 bits per heavy atom. The molecule has 4 aromatic rings. The Kier molecular flexibility index (Phi) is 6.77. The second-order valence-electron chi connectivity index (χ2n) is 8.72. The van der Waals surface area contributed by atoms with Crippen LogP contribution in [0.25, 0.3) is 10.2 Å². The van der Waals surface area contributed by atoms with Crippen molar-refractivity contribution in [3.63, 3.8) is 0 Å². The van der Waals surface area contributed by atoms with E-state index >= 15 is 0 Å². The number of anilines is 2. The first-order valence-corrected chi connectivity index (χ1v) is 12.4. The van der Waals surface area contributed by atoms with Crippen LogP contribution in [0.2, 0.25) is 0 Å². The summed E-state index contributed by atoms with van der Waals surface area (Å²) in [7, 11) is 1.86. The van der Waals surface area contributed by atoms with Gasteiger partial charge in [0.2, 0.25) is 11.9 Å². The highest BCUT2D eigenvalue weighted by Crippen LogP contribution is 2.30. The van der Waals surface area contributed by atoms with Gasteiger partial charge in [0, 0.05) is 30.9 Å². The van der Waals surface area contributed by atoms with Crippen LogP contribution in [0.3, 0.4) is 0 Å². The van der Waals surface area contributed by atoms with Crippen molar-refractivity contribution < 1.29 is 19.7 Å². The number of carboxylic acids is 1. The van der Waals surface area contributed by atoms with Gasteiger partial charge < -0.3 is 24.7 Å². The van der Waals surface area contributed by atoms with E-state index in [9.17, 15) is 9.90 Å². The first-order valence-electron chi connectivity index (χ1n) is 11.5. The van der Waals surface area contributed by atoms with Gasteiger partial charge in [0.25, 0.3) is 0 Å². The summed E-state index contributed by atoms with van der Waals surface area (Å²) in [5.41, 5.74) is 2.82. The fourth-order valence-corrected chi connectivity index (χ4v) is 5.12. The fraction of sp³-hybridized carbons (Fsp3) is 0.320. The van der Waals surface area contributed by atoms with Crippen LogP contribution < -0.4 is 9.80 Å². The number of ether oxygens (including phenoxy) is 1. The summed E-state index contributed by atoms with van der Waals surface area (Å²) in [6.45, 7) is 4.19. The molecule has 2 unspecified atom stereocenters. The average molecular weight is 507 g/mol. The molecular formula is C25H26N6O4S. The second kappa shape index (κ2) is 10.1. The Bertz CT molecular complexity index is 1380. The molecule has 1 saturated heterocycles. The van der Waals surface area contributed by atoms with Crippen molar-refractivity contribution in [3.8, 4) is 0 Å². The molecule has 11 heteroatoms. The molecule has 0 radical (unpaired) electrons. The number of morpholine rings is 1. The predicted molar refractivity (Wildman–Crippen MR) is 136 cm³/mol. The lowest BCUT2D eigenvalue weighted by molar-refractivity contribution is 0.0391. The van der Waals surface area contributed by atoms with E-state index in [2.05, 4.69) is 19.9 Å². The van der Waals surface area contributed by atoms with Crippen molar-refractivity contribution in [2.24, 2.45) is 0 Å². The van der Waals surface area contributed by atoms with Crippen LogP contribution in [0.5, 0.6) is 0 Å². The highest BCUT2D eigenvalue weighted by molar-refractivity contribution is 7.19. The molecule has 0 aliphatic carbocycles. The normalized spacial score (nSPS) is 16.8. The van der Waals surface area contributed by atoms with Gasteiger partial charge in [-0.2, -0.15) is 0 Å². The maximum absolute atomic E-state index is 11.0. The summed E-state index contributed by atoms with van der Waals surface area (Å²) in [6, 6.07) is 9.90. The number of carboxylic acid groups (broad SMARTS) is 1. The van der Waals surface area contributed by atoms with E-state index in [4.69, 9.17) is 14.8 Å². The first-order chi connectivity index (χ1) is 17.4. The summed E-state index contributed by atoms with van der Waals surface area (Å²) in [4.78, 5) is 33.8. The number of aliphatic hydroxyl groups is 1. The zero-order chi connectivity index (χ0) is 25.2. The molecule has 0 bridgehead atoms. The third-order valence-corrected chi connectivity index (χ3v) is 7.09. The average Bonchev–Trinajstić information content (AvgIpc) is 3.30. The number of aromatic carboxylic acids is 1. The molecule has 186 valence electrons. The number of rotatable bonds is 7. The van der Waals surface area contributed by atoms with Crippen LogP contribution >= 0.6 is 11.3 Å². The zero-order valence-corrected chi connectivity index (χ0v) is 20.7. The van der Waals surface area contributed by atoms with Crippen molar-refractivity contribution >= 4 is 39.4 Å². The van der Waals surface area contributed by atoms with Gasteiger partial charge in [-0.1, -0.05) is 24.3 Å². The second-order valence-corrected chi connectivity index (χ2v) is 9.89. The molecule has 1 aromatic carbocycles. The maximum atomic E-state index is 11.0. The number of fused-ring (bicyclic) bond motifs is 1. The third-order valence-electron chi connectivity index (χ3n) is 6.04. The molecule has 36 heavy (non-hydrogen) atoms. The topological polar surface area (TPSA) is 125 Å². The fourth-order valence-electron chi connectivity index (χ4n) is 4.09. The monoisotopic (exact) mass is 506 g/mol. The van der Waals surface area contributed by atoms with Gasteiger partial charge in [0.15, 0.2) is 0 Å². The molecule has 1 aliphatic rings. The molecule has 1 aliphatic heterocycles. The summed E-state index contributed by atoms with van der Waals surface area (Å²) in [5, 5.41) is 19.0. The van der Waals surface area contributed by atoms with Crippen LogP contribution in [0.1, 0.15) is 45.5 Å². The van der Waals surface area contributed by atoms with Crippen LogP contribution in [0.4, 0.5) is 11.9 Å². The first kappa shape index (κ1) is 24.0. The van der Waals surface area contributed by atoms with E-state index in [0.717, 1.165) is 26.2 Å². The molecule has 5 rings (SSSR count). The maximum Gasteiger partial charge on any atom is 0.338 e. The van der Waals surface area contributed by atoms with E-state index in [1.165, 1.54) is 12.4 Å². The number of nitrogens with zero attached hydrogens (tertiary/aromatic N) is 6. The summed E-state index contributed by atoms with van der Waals surface area (Å²) in [6.07, 6.45) is 3.80. The lowest BCUT2D eigenvalue weighted by Crippen LogP contribution is -2.39. The molecule has 2 atom stereocenters. The minimum Gasteiger partial charge on any atom is -0.478 e. The Morgan fingerprint density at radius 1 is 1.25 bits per heavy atom. The number of hydrogen-bond donors (Lipinski definition) is 2. The van der Waals surface area contributed by atoms with E-state index in [1.54, 1.807) is 18.3 Å². The van der Waals surface area contributed by atoms with Crippen molar-refractivity contribution in [2.45, 2.75) is 25.7 Å². The van der Waals surface area contributed by atoms with Crippen LogP contribution in [-0.2, 0) is 11.3 Å². The number of hydrogen-bond acceptors (Lipinski definition) is 10. The smallest absolute Gasteiger partial charge is 0.338 e. The third kappa shape index (κ3) is 5.13. The largest absolute Gasteiger partial charge is 0.478 e. The number of carbonyl (C=O) groups is 1. The van der Waals surface area contributed by atoms with Crippen LogP contribution in [-0.4, -0.2) is 62.9 Å². The van der Waals surface area contributed by atoms with Gasteiger partial charge in [0.1, 0.15) is 6.10 Å². The lowest BCUT2D eigenvalue weighted by atomic mass is 10.0. The summed E-state index contributed by atoms with van der Waals surface area (Å²) >= 11 is 1.60. The number of benzene rings is 1. The van der Waals surface area contributed by atoms with Gasteiger partial charge in [-0.15, -0.1) is 11.3 Å². The minimum absolute atomic E-state index is 0.0535. The highest BCUT2D eigenvalue weighted by Gasteiger charge is 2.24. The molecule has 3 aromatic heterocycles. The van der Waals surface area contributed by atoms with Crippen molar-refractivity contribution in [3.05, 3.63) is 70.5 Å². The quantitative estimate of drug-likeness (QED) is 0.385. The van der Waals surface area contributed by atoms with E-state index in [-0.39, 0.29) is 11.7 Å². The van der Waals surface area contributed by atoms with E-state index < -0.39 is 12.1 Å².